The summed E-state index contributed by atoms with van der Waals surface area (Å²) in [6, 6.07) is 7.60. The summed E-state index contributed by atoms with van der Waals surface area (Å²) in [5.74, 6) is 0. The van der Waals surface area contributed by atoms with Crippen molar-refractivity contribution in [3.05, 3.63) is 40.2 Å². The zero-order valence-corrected chi connectivity index (χ0v) is 8.36. The minimum atomic E-state index is 0.0205. The van der Waals surface area contributed by atoms with Gasteiger partial charge in [0.15, 0.2) is 0 Å². The van der Waals surface area contributed by atoms with E-state index < -0.39 is 0 Å². The number of anilines is 1. The summed E-state index contributed by atoms with van der Waals surface area (Å²) in [7, 11) is 0. The fourth-order valence-electron chi connectivity index (χ4n) is 2.39. The third-order valence-electron chi connectivity index (χ3n) is 3.07. The Morgan fingerprint density at radius 2 is 2.20 bits per heavy atom. The molecule has 0 spiro atoms. The highest BCUT2D eigenvalue weighted by Gasteiger charge is 2.14. The first-order chi connectivity index (χ1) is 7.27. The van der Waals surface area contributed by atoms with Gasteiger partial charge >= 0.3 is 0 Å². The number of aromatic nitrogens is 1. The van der Waals surface area contributed by atoms with Gasteiger partial charge in [-0.2, -0.15) is 0 Å². The molecule has 0 saturated heterocycles. The number of benzene rings is 1. The van der Waals surface area contributed by atoms with Crippen LogP contribution in [0.1, 0.15) is 12.0 Å². The van der Waals surface area contributed by atoms with Crippen molar-refractivity contribution >= 4 is 16.6 Å². The van der Waals surface area contributed by atoms with Crippen LogP contribution in [0.25, 0.3) is 10.9 Å². The van der Waals surface area contributed by atoms with Gasteiger partial charge < -0.3 is 10.3 Å². The molecule has 2 N–H and O–H groups in total. The number of hydrogen-bond donors (Lipinski definition) is 1. The Morgan fingerprint density at radius 3 is 3.07 bits per heavy atom. The molecule has 0 saturated carbocycles. The van der Waals surface area contributed by atoms with Crippen LogP contribution in [-0.2, 0) is 13.0 Å². The number of aryl methyl sites for hydroxylation is 2. The minimum Gasteiger partial charge on any atom is -0.398 e. The molecule has 15 heavy (non-hydrogen) atoms. The van der Waals surface area contributed by atoms with Gasteiger partial charge in [0.25, 0.3) is 5.56 Å². The van der Waals surface area contributed by atoms with Gasteiger partial charge in [0.2, 0.25) is 0 Å². The average Bonchev–Trinajstić information content (AvgIpc) is 2.25. The number of rotatable bonds is 0. The first kappa shape index (κ1) is 8.53. The van der Waals surface area contributed by atoms with Gasteiger partial charge in [0.05, 0.1) is 5.52 Å². The largest absolute Gasteiger partial charge is 0.398 e. The van der Waals surface area contributed by atoms with Crippen LogP contribution >= 0.6 is 0 Å². The summed E-state index contributed by atoms with van der Waals surface area (Å²) in [6.07, 6.45) is 2.08. The standard InChI is InChI=1S/C12H12N2O/c13-10-7-11(15)14-6-2-4-8-3-1-5-9(10)12(8)14/h1,3,5,7H,2,4,6,13H2. The van der Waals surface area contributed by atoms with E-state index in [1.165, 1.54) is 11.6 Å². The molecule has 0 amide bonds. The average molecular weight is 200 g/mol. The second-order valence-corrected chi connectivity index (χ2v) is 4.01. The number of nitrogens with two attached hydrogens (primary N) is 1. The Labute approximate surface area is 87.1 Å². The Bertz CT molecular complexity index is 598. The molecule has 0 fully saturated rings. The summed E-state index contributed by atoms with van der Waals surface area (Å²) >= 11 is 0. The molecule has 76 valence electrons. The molecule has 1 aliphatic heterocycles. The van der Waals surface area contributed by atoms with Crippen LogP contribution in [0.4, 0.5) is 5.69 Å². The van der Waals surface area contributed by atoms with E-state index in [0.717, 1.165) is 30.3 Å². The molecule has 0 aliphatic carbocycles. The molecule has 2 heterocycles. The van der Waals surface area contributed by atoms with E-state index in [4.69, 9.17) is 5.73 Å². The fourth-order valence-corrected chi connectivity index (χ4v) is 2.39. The molecule has 3 nitrogen and oxygen atoms in total. The van der Waals surface area contributed by atoms with Crippen molar-refractivity contribution < 1.29 is 0 Å². The molecule has 1 aliphatic rings. The molecule has 3 rings (SSSR count). The van der Waals surface area contributed by atoms with Gasteiger partial charge in [-0.15, -0.1) is 0 Å². The lowest BCUT2D eigenvalue weighted by molar-refractivity contribution is 0.616. The molecular weight excluding hydrogens is 188 g/mol. The van der Waals surface area contributed by atoms with Gasteiger partial charge in [-0.25, -0.2) is 0 Å². The zero-order valence-electron chi connectivity index (χ0n) is 8.36. The second-order valence-electron chi connectivity index (χ2n) is 4.01. The zero-order chi connectivity index (χ0) is 10.4. The van der Waals surface area contributed by atoms with Gasteiger partial charge in [0, 0.05) is 23.7 Å². The Morgan fingerprint density at radius 1 is 1.33 bits per heavy atom. The number of nitrogen functional groups attached to an aromatic ring is 1. The second kappa shape index (κ2) is 2.86. The first-order valence-electron chi connectivity index (χ1n) is 5.18. The molecule has 1 aromatic heterocycles. The quantitative estimate of drug-likeness (QED) is 0.701. The van der Waals surface area contributed by atoms with Gasteiger partial charge in [-0.05, 0) is 18.4 Å². The molecule has 0 bridgehead atoms. The lowest BCUT2D eigenvalue weighted by Gasteiger charge is -2.19. The number of nitrogens with zero attached hydrogens (tertiary/aromatic N) is 1. The van der Waals surface area contributed by atoms with Crippen LogP contribution in [0.2, 0.25) is 0 Å². The number of para-hydroxylation sites is 1. The smallest absolute Gasteiger partial charge is 0.253 e. The van der Waals surface area contributed by atoms with Crippen molar-refractivity contribution in [2.75, 3.05) is 5.73 Å². The topological polar surface area (TPSA) is 48.0 Å². The summed E-state index contributed by atoms with van der Waals surface area (Å²) in [5, 5.41) is 1.01. The summed E-state index contributed by atoms with van der Waals surface area (Å²) in [4.78, 5) is 11.8. The van der Waals surface area contributed by atoms with E-state index in [2.05, 4.69) is 6.07 Å². The van der Waals surface area contributed by atoms with Crippen LogP contribution < -0.4 is 11.3 Å². The molecule has 0 radical (unpaired) electrons. The van der Waals surface area contributed by atoms with Gasteiger partial charge in [0.1, 0.15) is 0 Å². The van der Waals surface area contributed by atoms with Crippen molar-refractivity contribution in [1.82, 2.24) is 4.57 Å². The van der Waals surface area contributed by atoms with Gasteiger partial charge in [-0.1, -0.05) is 18.2 Å². The van der Waals surface area contributed by atoms with Crippen molar-refractivity contribution in [2.24, 2.45) is 0 Å². The van der Waals surface area contributed by atoms with E-state index in [0.29, 0.717) is 5.69 Å². The highest BCUT2D eigenvalue weighted by atomic mass is 16.1. The predicted octanol–water partition coefficient (Wildman–Crippen LogP) is 1.53. The van der Waals surface area contributed by atoms with Crippen molar-refractivity contribution in [2.45, 2.75) is 19.4 Å². The van der Waals surface area contributed by atoms with E-state index >= 15 is 0 Å². The van der Waals surface area contributed by atoms with Crippen molar-refractivity contribution in [1.29, 1.82) is 0 Å². The number of hydrogen-bond acceptors (Lipinski definition) is 2. The van der Waals surface area contributed by atoms with E-state index in [1.54, 1.807) is 0 Å². The van der Waals surface area contributed by atoms with E-state index in [9.17, 15) is 4.79 Å². The number of pyridine rings is 1. The first-order valence-corrected chi connectivity index (χ1v) is 5.18. The van der Waals surface area contributed by atoms with Crippen LogP contribution in [-0.4, -0.2) is 4.57 Å². The normalized spacial score (nSPS) is 14.4. The van der Waals surface area contributed by atoms with Crippen LogP contribution in [0.15, 0.2) is 29.1 Å². The molecular formula is C12H12N2O. The maximum Gasteiger partial charge on any atom is 0.253 e. The highest BCUT2D eigenvalue weighted by molar-refractivity contribution is 5.92. The minimum absolute atomic E-state index is 0.0205. The SMILES string of the molecule is Nc1cc(=O)n2c3c(cccc13)CCC2. The highest BCUT2D eigenvalue weighted by Crippen LogP contribution is 2.26. The molecule has 0 unspecified atom stereocenters. The summed E-state index contributed by atoms with van der Waals surface area (Å²) < 4.78 is 1.84. The Kier molecular flexibility index (Phi) is 1.63. The van der Waals surface area contributed by atoms with Crippen LogP contribution in [0.3, 0.4) is 0 Å². The van der Waals surface area contributed by atoms with E-state index in [-0.39, 0.29) is 5.56 Å². The van der Waals surface area contributed by atoms with Crippen LogP contribution in [0, 0.1) is 0 Å². The molecule has 3 heteroatoms. The summed E-state index contributed by atoms with van der Waals surface area (Å²) in [5.41, 5.74) is 8.75. The molecule has 0 atom stereocenters. The predicted molar refractivity (Wildman–Crippen MR) is 60.9 cm³/mol. The molecule has 1 aromatic carbocycles. The summed E-state index contributed by atoms with van der Waals surface area (Å²) in [6.45, 7) is 0.812. The maximum atomic E-state index is 11.8. The van der Waals surface area contributed by atoms with Gasteiger partial charge in [-0.3, -0.25) is 4.79 Å². The Balaban J connectivity index is 2.59. The van der Waals surface area contributed by atoms with Crippen molar-refractivity contribution in [3.8, 4) is 0 Å². The fraction of sp³-hybridized carbons (Fsp3) is 0.250. The van der Waals surface area contributed by atoms with Crippen molar-refractivity contribution in [3.63, 3.8) is 0 Å². The third kappa shape index (κ3) is 1.09. The Hall–Kier alpha value is -1.77. The van der Waals surface area contributed by atoms with E-state index in [1.807, 2.05) is 16.7 Å². The lowest BCUT2D eigenvalue weighted by atomic mass is 10.0. The lowest BCUT2D eigenvalue weighted by Crippen LogP contribution is -2.24. The monoisotopic (exact) mass is 200 g/mol. The maximum absolute atomic E-state index is 11.8. The third-order valence-corrected chi connectivity index (χ3v) is 3.07. The van der Waals surface area contributed by atoms with Crippen LogP contribution in [0.5, 0.6) is 0 Å². The molecule has 2 aromatic rings.